The molecular formula is C18H20F2N4O2. The number of likely N-dealkylation sites (tertiary alicyclic amines) is 1. The van der Waals surface area contributed by atoms with Crippen LogP contribution >= 0.6 is 0 Å². The Morgan fingerprint density at radius 2 is 2.00 bits per heavy atom. The third kappa shape index (κ3) is 4.25. The lowest BCUT2D eigenvalue weighted by Crippen LogP contribution is -2.46. The number of amides is 2. The molecule has 1 aromatic heterocycles. The Hall–Kier alpha value is -2.77. The van der Waals surface area contributed by atoms with Gasteiger partial charge in [0.1, 0.15) is 23.4 Å². The Kier molecular flexibility index (Phi) is 5.60. The van der Waals surface area contributed by atoms with Crippen molar-refractivity contribution in [2.75, 3.05) is 18.4 Å². The highest BCUT2D eigenvalue weighted by Crippen LogP contribution is 2.20. The topological polar surface area (TPSA) is 67.3 Å². The van der Waals surface area contributed by atoms with Crippen LogP contribution in [0, 0.1) is 11.6 Å². The molecule has 1 saturated heterocycles. The fraction of sp³-hybridized carbons (Fsp3) is 0.389. The van der Waals surface area contributed by atoms with E-state index in [0.29, 0.717) is 19.5 Å². The maximum atomic E-state index is 13.7. The number of para-hydroxylation sites is 1. The minimum absolute atomic E-state index is 0.259. The van der Waals surface area contributed by atoms with Gasteiger partial charge in [-0.1, -0.05) is 13.0 Å². The van der Waals surface area contributed by atoms with Gasteiger partial charge in [-0.15, -0.1) is 0 Å². The van der Waals surface area contributed by atoms with Gasteiger partial charge in [0, 0.05) is 18.9 Å². The maximum absolute atomic E-state index is 13.7. The molecule has 2 heterocycles. The second-order valence-corrected chi connectivity index (χ2v) is 6.08. The van der Waals surface area contributed by atoms with Crippen molar-refractivity contribution in [2.24, 2.45) is 0 Å². The second kappa shape index (κ2) is 8.07. The zero-order valence-corrected chi connectivity index (χ0v) is 14.4. The molecule has 0 radical (unpaired) electrons. The summed E-state index contributed by atoms with van der Waals surface area (Å²) in [5, 5.41) is 2.30. The first-order valence-corrected chi connectivity index (χ1v) is 8.54. The van der Waals surface area contributed by atoms with E-state index in [2.05, 4.69) is 15.3 Å². The summed E-state index contributed by atoms with van der Waals surface area (Å²) in [4.78, 5) is 22.1. The summed E-state index contributed by atoms with van der Waals surface area (Å²) < 4.78 is 33.1. The fourth-order valence-corrected chi connectivity index (χ4v) is 2.76. The molecule has 1 fully saturated rings. The van der Waals surface area contributed by atoms with E-state index in [-0.39, 0.29) is 12.1 Å². The van der Waals surface area contributed by atoms with E-state index in [0.717, 1.165) is 30.5 Å². The molecule has 0 bridgehead atoms. The van der Waals surface area contributed by atoms with E-state index >= 15 is 0 Å². The number of nitrogens with one attached hydrogen (secondary N) is 1. The molecule has 1 N–H and O–H groups in total. The predicted octanol–water partition coefficient (Wildman–Crippen LogP) is 3.39. The number of hydrogen-bond acceptors (Lipinski definition) is 4. The fourth-order valence-electron chi connectivity index (χ4n) is 2.76. The molecule has 2 amide bonds. The van der Waals surface area contributed by atoms with E-state index in [1.54, 1.807) is 12.4 Å². The van der Waals surface area contributed by atoms with Crippen LogP contribution in [-0.4, -0.2) is 40.1 Å². The van der Waals surface area contributed by atoms with Gasteiger partial charge in [-0.05, 0) is 37.0 Å². The molecule has 1 aromatic carbocycles. The van der Waals surface area contributed by atoms with Crippen LogP contribution in [0.4, 0.5) is 19.3 Å². The maximum Gasteiger partial charge on any atom is 0.322 e. The number of rotatable bonds is 4. The number of carbonyl (C=O) groups excluding carboxylic acids is 1. The SMILES string of the molecule is CCc1cnc(OC2CCCN(C(=O)Nc3c(F)cccc3F)C2)nc1. The highest BCUT2D eigenvalue weighted by atomic mass is 19.1. The van der Waals surface area contributed by atoms with Crippen LogP contribution in [0.15, 0.2) is 30.6 Å². The molecule has 3 rings (SSSR count). The molecule has 0 aliphatic carbocycles. The highest BCUT2D eigenvalue weighted by Gasteiger charge is 2.26. The largest absolute Gasteiger partial charge is 0.458 e. The summed E-state index contributed by atoms with van der Waals surface area (Å²) in [6.45, 7) is 2.79. The number of piperidine rings is 1. The molecule has 0 spiro atoms. The first kappa shape index (κ1) is 18.0. The molecule has 8 heteroatoms. The quantitative estimate of drug-likeness (QED) is 0.905. The molecule has 0 saturated carbocycles. The minimum Gasteiger partial charge on any atom is -0.458 e. The van der Waals surface area contributed by atoms with Crippen LogP contribution in [0.3, 0.4) is 0 Å². The summed E-state index contributed by atoms with van der Waals surface area (Å²) >= 11 is 0. The zero-order valence-electron chi connectivity index (χ0n) is 14.4. The highest BCUT2D eigenvalue weighted by molar-refractivity contribution is 5.89. The van der Waals surface area contributed by atoms with Gasteiger partial charge in [-0.2, -0.15) is 0 Å². The van der Waals surface area contributed by atoms with Crippen LogP contribution in [0.5, 0.6) is 6.01 Å². The monoisotopic (exact) mass is 362 g/mol. The van der Waals surface area contributed by atoms with E-state index in [4.69, 9.17) is 4.74 Å². The van der Waals surface area contributed by atoms with Crippen LogP contribution in [0.2, 0.25) is 0 Å². The van der Waals surface area contributed by atoms with E-state index in [1.807, 2.05) is 6.92 Å². The van der Waals surface area contributed by atoms with Crippen LogP contribution < -0.4 is 10.1 Å². The number of aromatic nitrogens is 2. The summed E-state index contributed by atoms with van der Waals surface area (Å²) in [6.07, 6.45) is 5.44. The Balaban J connectivity index is 1.61. The molecule has 1 atom stereocenters. The van der Waals surface area contributed by atoms with E-state index in [1.165, 1.54) is 11.0 Å². The number of halogens is 2. The summed E-state index contributed by atoms with van der Waals surface area (Å²) in [7, 11) is 0. The third-order valence-electron chi connectivity index (χ3n) is 4.22. The van der Waals surface area contributed by atoms with E-state index in [9.17, 15) is 13.6 Å². The lowest BCUT2D eigenvalue weighted by atomic mass is 10.1. The lowest BCUT2D eigenvalue weighted by Gasteiger charge is -2.32. The van der Waals surface area contributed by atoms with Gasteiger partial charge < -0.3 is 15.0 Å². The Bertz CT molecular complexity index is 750. The standard InChI is InChI=1S/C18H20F2N4O2/c1-2-12-9-21-17(22-10-12)26-13-5-4-8-24(11-13)18(25)23-16-14(19)6-3-7-15(16)20/h3,6-7,9-10,13H,2,4-5,8,11H2,1H3,(H,23,25). The smallest absolute Gasteiger partial charge is 0.322 e. The van der Waals surface area contributed by atoms with E-state index < -0.39 is 23.4 Å². The van der Waals surface area contributed by atoms with Gasteiger partial charge in [-0.3, -0.25) is 0 Å². The van der Waals surface area contributed by atoms with Gasteiger partial charge in [0.25, 0.3) is 0 Å². The predicted molar refractivity (Wildman–Crippen MR) is 92.0 cm³/mol. The van der Waals surface area contributed by atoms with Gasteiger partial charge in [0.15, 0.2) is 0 Å². The summed E-state index contributed by atoms with van der Waals surface area (Å²) in [5.74, 6) is -1.62. The second-order valence-electron chi connectivity index (χ2n) is 6.08. The number of hydrogen-bond donors (Lipinski definition) is 1. The molecule has 138 valence electrons. The minimum atomic E-state index is -0.812. The van der Waals surface area contributed by atoms with Gasteiger partial charge in [-0.25, -0.2) is 23.5 Å². The normalized spacial score (nSPS) is 17.0. The molecule has 2 aromatic rings. The van der Waals surface area contributed by atoms with Gasteiger partial charge in [0.2, 0.25) is 0 Å². The third-order valence-corrected chi connectivity index (χ3v) is 4.22. The molecule has 1 aliphatic rings. The van der Waals surface area contributed by atoms with Crippen molar-refractivity contribution < 1.29 is 18.3 Å². The molecule has 6 nitrogen and oxygen atoms in total. The lowest BCUT2D eigenvalue weighted by molar-refractivity contribution is 0.0982. The molecule has 1 unspecified atom stereocenters. The zero-order chi connectivity index (χ0) is 18.5. The average Bonchev–Trinajstić information content (AvgIpc) is 2.65. The average molecular weight is 362 g/mol. The van der Waals surface area contributed by atoms with Gasteiger partial charge >= 0.3 is 12.0 Å². The number of carbonyl (C=O) groups is 1. The molecule has 1 aliphatic heterocycles. The van der Waals surface area contributed by atoms with Crippen molar-refractivity contribution in [3.8, 4) is 6.01 Å². The first-order valence-electron chi connectivity index (χ1n) is 8.54. The van der Waals surface area contributed by atoms with Crippen molar-refractivity contribution in [1.29, 1.82) is 0 Å². The van der Waals surface area contributed by atoms with Crippen LogP contribution in [0.25, 0.3) is 0 Å². The van der Waals surface area contributed by atoms with Crippen molar-refractivity contribution >= 4 is 11.7 Å². The summed E-state index contributed by atoms with van der Waals surface area (Å²) in [6, 6.07) is 3.13. The van der Waals surface area contributed by atoms with Gasteiger partial charge in [0.05, 0.1) is 6.54 Å². The number of benzene rings is 1. The molecule has 26 heavy (non-hydrogen) atoms. The van der Waals surface area contributed by atoms with Crippen molar-refractivity contribution in [3.63, 3.8) is 0 Å². The number of aryl methyl sites for hydroxylation is 1. The van der Waals surface area contributed by atoms with Crippen molar-refractivity contribution in [3.05, 3.63) is 47.8 Å². The van der Waals surface area contributed by atoms with Crippen molar-refractivity contribution in [1.82, 2.24) is 14.9 Å². The Morgan fingerprint density at radius 1 is 1.31 bits per heavy atom. The Morgan fingerprint density at radius 3 is 2.65 bits per heavy atom. The Labute approximate surface area is 150 Å². The first-order chi connectivity index (χ1) is 12.6. The van der Waals surface area contributed by atoms with Crippen molar-refractivity contribution in [2.45, 2.75) is 32.3 Å². The number of anilines is 1. The number of nitrogens with zero attached hydrogens (tertiary/aromatic N) is 3. The molecular weight excluding hydrogens is 342 g/mol. The van der Waals surface area contributed by atoms with Crippen LogP contribution in [-0.2, 0) is 6.42 Å². The number of ether oxygens (including phenoxy) is 1. The van der Waals surface area contributed by atoms with Crippen LogP contribution in [0.1, 0.15) is 25.3 Å². The summed E-state index contributed by atoms with van der Waals surface area (Å²) in [5.41, 5.74) is 0.563. The number of urea groups is 1.